The highest BCUT2D eigenvalue weighted by Gasteiger charge is 2.55. The number of halogens is 6. The van der Waals surface area contributed by atoms with E-state index in [1.807, 2.05) is 200 Å². The molecular weight excluding hydrogens is 1320 g/mol. The molecule has 14 aromatic rings. The maximum atomic E-state index is 15.4. The third-order valence-corrected chi connectivity index (χ3v) is 19.0. The maximum Gasteiger partial charge on any atom is 0.402 e. The Bertz CT molecular complexity index is 5380. The van der Waals surface area contributed by atoms with Gasteiger partial charge in [0, 0.05) is 57.2 Å². The molecule has 0 radical (unpaired) electrons. The van der Waals surface area contributed by atoms with E-state index in [4.69, 9.17) is 14.5 Å². The van der Waals surface area contributed by atoms with Crippen molar-refractivity contribution in [2.75, 3.05) is 10.6 Å². The summed E-state index contributed by atoms with van der Waals surface area (Å²) in [6, 6.07) is 86.0. The van der Waals surface area contributed by atoms with Crippen LogP contribution in [0.15, 0.2) is 291 Å². The fraction of sp³-hybridized carbons (Fsp3) is 0.136. The number of carbonyl (C=O) groups excluding carboxylic acids is 2. The van der Waals surface area contributed by atoms with Gasteiger partial charge < -0.3 is 20.1 Å². The summed E-state index contributed by atoms with van der Waals surface area (Å²) in [5.74, 6) is 3.38. The van der Waals surface area contributed by atoms with Crippen molar-refractivity contribution in [2.24, 2.45) is 0 Å². The zero-order valence-corrected chi connectivity index (χ0v) is 57.8. The number of hydrogen-bond acceptors (Lipinski definition) is 8. The van der Waals surface area contributed by atoms with E-state index in [0.29, 0.717) is 74.2 Å². The lowest BCUT2D eigenvalue weighted by Gasteiger charge is -2.34. The summed E-state index contributed by atoms with van der Waals surface area (Å²) in [5, 5.41) is 6.63. The molecule has 2 atom stereocenters. The Hall–Kier alpha value is -12.3. The lowest BCUT2D eigenvalue weighted by atomic mass is 9.74. The molecule has 0 aliphatic heterocycles. The van der Waals surface area contributed by atoms with Gasteiger partial charge in [-0.05, 0) is 244 Å². The van der Waals surface area contributed by atoms with Crippen LogP contribution in [0.3, 0.4) is 0 Å². The average molecular weight is 1390 g/mol. The van der Waals surface area contributed by atoms with Gasteiger partial charge in [0.1, 0.15) is 45.5 Å². The number of fused-ring (bicyclic) bond motifs is 2. The Balaban J connectivity index is 0.000000185. The minimum absolute atomic E-state index is 0.0248. The number of benzene rings is 12. The van der Waals surface area contributed by atoms with Gasteiger partial charge in [0.2, 0.25) is 0 Å². The molecule has 0 saturated heterocycles. The second kappa shape index (κ2) is 29.3. The van der Waals surface area contributed by atoms with Crippen LogP contribution in [-0.4, -0.2) is 43.0 Å². The van der Waals surface area contributed by atoms with Crippen molar-refractivity contribution in [3.05, 3.63) is 347 Å². The van der Waals surface area contributed by atoms with E-state index in [-0.39, 0.29) is 40.2 Å². The number of ether oxygens (including phenoxy) is 2. The van der Waals surface area contributed by atoms with Crippen LogP contribution in [0.5, 0.6) is 23.0 Å². The van der Waals surface area contributed by atoms with E-state index in [2.05, 4.69) is 15.6 Å². The number of aryl methyl sites for hydroxylation is 3. The van der Waals surface area contributed by atoms with Gasteiger partial charge in [-0.2, -0.15) is 26.3 Å². The molecule has 0 amide bonds. The molecule has 0 bridgehead atoms. The number of Topliss-reactive ketones (excluding diaryl/α,β-unsaturated/α-hetero) is 2. The molecule has 12 aromatic carbocycles. The second-order valence-electron chi connectivity index (χ2n) is 25.9. The number of aromatic nitrogens is 4. The largest absolute Gasteiger partial charge is 0.457 e. The number of alkyl halides is 6. The Labute approximate surface area is 598 Å². The quantitative estimate of drug-likeness (QED) is 0.0573. The molecule has 10 nitrogen and oxygen atoms in total. The molecule has 0 aliphatic carbocycles. The molecule has 104 heavy (non-hydrogen) atoms. The molecule has 16 heteroatoms. The summed E-state index contributed by atoms with van der Waals surface area (Å²) in [4.78, 5) is 35.0. The predicted molar refractivity (Wildman–Crippen MR) is 401 cm³/mol. The van der Waals surface area contributed by atoms with Crippen LogP contribution >= 0.6 is 0 Å². The van der Waals surface area contributed by atoms with E-state index < -0.39 is 23.2 Å². The Morgan fingerprint density at radius 2 is 0.808 bits per heavy atom. The van der Waals surface area contributed by atoms with Crippen molar-refractivity contribution >= 4 is 56.4 Å². The van der Waals surface area contributed by atoms with Crippen molar-refractivity contribution < 1.29 is 45.4 Å². The first-order chi connectivity index (χ1) is 50.0. The first-order valence-electron chi connectivity index (χ1n) is 34.0. The fourth-order valence-corrected chi connectivity index (χ4v) is 13.0. The van der Waals surface area contributed by atoms with Crippen LogP contribution in [0.1, 0.15) is 93.2 Å². The van der Waals surface area contributed by atoms with Gasteiger partial charge in [-0.25, -0.2) is 9.97 Å². The van der Waals surface area contributed by atoms with Crippen LogP contribution in [0.4, 0.5) is 49.1 Å². The van der Waals surface area contributed by atoms with E-state index in [9.17, 15) is 9.59 Å². The summed E-state index contributed by atoms with van der Waals surface area (Å²) >= 11 is 0. The zero-order valence-electron chi connectivity index (χ0n) is 57.8. The summed E-state index contributed by atoms with van der Waals surface area (Å²) in [5.41, 5.74) is 6.62. The molecule has 14 rings (SSSR count). The van der Waals surface area contributed by atoms with E-state index in [0.717, 1.165) is 56.4 Å². The first-order valence-corrected chi connectivity index (χ1v) is 34.0. The second-order valence-corrected chi connectivity index (χ2v) is 25.9. The molecule has 2 unspecified atom stereocenters. The predicted octanol–water partition coefficient (Wildman–Crippen LogP) is 23.3. The number of para-hydroxylation sites is 4. The molecule has 0 saturated carbocycles. The highest BCUT2D eigenvalue weighted by atomic mass is 19.4. The normalized spacial score (nSPS) is 12.7. The van der Waals surface area contributed by atoms with E-state index >= 15 is 26.3 Å². The molecule has 0 fully saturated rings. The van der Waals surface area contributed by atoms with Crippen molar-refractivity contribution in [3.8, 4) is 45.8 Å². The smallest absolute Gasteiger partial charge is 0.402 e. The minimum atomic E-state index is -4.66. The standard InChI is InChI=1S/C45H39F3N2O3.C43H33F3N4O/c1-4-31-27-35(19-25-41(31)49-37-11-7-5-8-12-37)44(3,45(46,47)48)36-20-26-42(50-38-13-9-6-10-14-38)34(28-36)29-43(52)33-17-23-40(24-18-33)53-39-21-15-32(16-22-39)30(2)51;1-28-14-20-35(21-15-28)51-36-22-16-30(17-23-36)41-48-38-27-32(19-25-40(38)50(41)34-12-8-5-9-13-34)42(3,43(44,45)46)31-18-24-39-37(26-31)47-29(2)49(39)33-10-6-4-7-11-33/h5-28,49-50H,4,29H2,1-3H3;4-27H,1-3H3. The van der Waals surface area contributed by atoms with Crippen LogP contribution < -0.4 is 20.1 Å². The van der Waals surface area contributed by atoms with Crippen LogP contribution in [-0.2, 0) is 23.7 Å². The summed E-state index contributed by atoms with van der Waals surface area (Å²) in [6.45, 7) is 9.71. The first kappa shape index (κ1) is 70.1. The maximum absolute atomic E-state index is 15.4. The van der Waals surface area contributed by atoms with Crippen molar-refractivity contribution in [2.45, 2.75) is 77.6 Å². The number of ketones is 2. The number of hydrogen-bond donors (Lipinski definition) is 2. The SMILES string of the molecule is CCc1cc(C(C)(c2ccc(Nc3ccccc3)c(CC(=O)c3ccc(Oc4ccc(C(C)=O)cc4)cc3)c2)C(F)(F)F)ccc1Nc1ccccc1.Cc1ccc(Oc2ccc(-c3nc4cc(C(C)(c5ccc6c(c5)nc(C)n6-c5ccccc5)C(F)(F)F)ccc4n3-c3ccccc3)cc2)cc1. The van der Waals surface area contributed by atoms with Crippen LogP contribution in [0.25, 0.3) is 44.8 Å². The fourth-order valence-electron chi connectivity index (χ4n) is 13.0. The topological polar surface area (TPSA) is 112 Å². The van der Waals surface area contributed by atoms with Gasteiger partial charge in [0.15, 0.2) is 11.6 Å². The zero-order chi connectivity index (χ0) is 72.9. The van der Waals surface area contributed by atoms with E-state index in [1.54, 1.807) is 103 Å². The molecule has 520 valence electrons. The van der Waals surface area contributed by atoms with Gasteiger partial charge in [-0.15, -0.1) is 0 Å². The highest BCUT2D eigenvalue weighted by molar-refractivity contribution is 5.98. The lowest BCUT2D eigenvalue weighted by molar-refractivity contribution is -0.173. The molecule has 2 N–H and O–H groups in total. The number of imidazole rings is 2. The molecule has 2 heterocycles. The Morgan fingerprint density at radius 3 is 1.27 bits per heavy atom. The van der Waals surface area contributed by atoms with Crippen molar-refractivity contribution in [1.29, 1.82) is 0 Å². The number of rotatable bonds is 20. The summed E-state index contributed by atoms with van der Waals surface area (Å²) < 4.78 is 108. The Morgan fingerprint density at radius 1 is 0.423 bits per heavy atom. The third kappa shape index (κ3) is 14.6. The highest BCUT2D eigenvalue weighted by Crippen LogP contribution is 2.50. The Kier molecular flexibility index (Phi) is 19.8. The van der Waals surface area contributed by atoms with Gasteiger partial charge >= 0.3 is 12.4 Å². The average Bonchev–Trinajstić information content (AvgIpc) is 1.29. The van der Waals surface area contributed by atoms with Gasteiger partial charge in [0.25, 0.3) is 0 Å². The van der Waals surface area contributed by atoms with Gasteiger partial charge in [0.05, 0.1) is 22.1 Å². The van der Waals surface area contributed by atoms with E-state index in [1.165, 1.54) is 39.0 Å². The molecule has 2 aromatic heterocycles. The van der Waals surface area contributed by atoms with Crippen LogP contribution in [0, 0.1) is 13.8 Å². The van der Waals surface area contributed by atoms with Crippen LogP contribution in [0.2, 0.25) is 0 Å². The molecular formula is C88H72F6N6O4. The summed E-state index contributed by atoms with van der Waals surface area (Å²) in [6.07, 6.45) is -8.91. The molecule has 0 aliphatic rings. The monoisotopic (exact) mass is 1390 g/mol. The number of carbonyl (C=O) groups is 2. The van der Waals surface area contributed by atoms with Gasteiger partial charge in [-0.3, -0.25) is 18.7 Å². The third-order valence-electron chi connectivity index (χ3n) is 19.0. The number of anilines is 4. The lowest BCUT2D eigenvalue weighted by Crippen LogP contribution is -2.40. The van der Waals surface area contributed by atoms with Crippen molar-refractivity contribution in [3.63, 3.8) is 0 Å². The summed E-state index contributed by atoms with van der Waals surface area (Å²) in [7, 11) is 0. The molecule has 0 spiro atoms. The number of nitrogens with one attached hydrogen (secondary N) is 2. The van der Waals surface area contributed by atoms with Crippen molar-refractivity contribution in [1.82, 2.24) is 19.1 Å². The number of nitrogens with zero attached hydrogens (tertiary/aromatic N) is 4. The minimum Gasteiger partial charge on any atom is -0.457 e. The van der Waals surface area contributed by atoms with Gasteiger partial charge in [-0.1, -0.05) is 134 Å².